The van der Waals surface area contributed by atoms with Gasteiger partial charge in [0.25, 0.3) is 5.56 Å². The van der Waals surface area contributed by atoms with Crippen LogP contribution < -0.4 is 25.5 Å². The van der Waals surface area contributed by atoms with Gasteiger partial charge in [-0.2, -0.15) is 0 Å². The molecule has 0 radical (unpaired) electrons. The van der Waals surface area contributed by atoms with Crippen molar-refractivity contribution in [2.24, 2.45) is 14.1 Å². The lowest BCUT2D eigenvalue weighted by atomic mass is 10.2. The van der Waals surface area contributed by atoms with E-state index in [0.29, 0.717) is 22.8 Å². The molecule has 0 aliphatic carbocycles. The average Bonchev–Trinajstić information content (AvgIpc) is 3.42. The molecule has 0 bridgehead atoms. The standard InChI is InChI=1S/C19H20N6O6/c1-23-16-14(18(26)24(2)19(23)27)25(9-20-16)8-13-21-22-17(31-13)10-6-11(28-3)15(30-5)12(7-10)29-4/h6-7,9H,8H2,1-5H3. The van der Waals surface area contributed by atoms with Crippen LogP contribution >= 0.6 is 0 Å². The number of rotatable bonds is 6. The minimum Gasteiger partial charge on any atom is -0.493 e. The third-order valence-corrected chi connectivity index (χ3v) is 4.90. The molecule has 4 rings (SSSR count). The van der Waals surface area contributed by atoms with Crippen molar-refractivity contribution >= 4 is 11.2 Å². The molecule has 0 amide bonds. The van der Waals surface area contributed by atoms with Crippen LogP contribution in [0.3, 0.4) is 0 Å². The first-order valence-electron chi connectivity index (χ1n) is 9.13. The fourth-order valence-corrected chi connectivity index (χ4v) is 3.30. The van der Waals surface area contributed by atoms with Crippen LogP contribution in [0.15, 0.2) is 32.5 Å². The summed E-state index contributed by atoms with van der Waals surface area (Å²) in [5, 5.41) is 8.15. The van der Waals surface area contributed by atoms with Gasteiger partial charge in [-0.3, -0.25) is 13.9 Å². The number of aromatic nitrogens is 6. The summed E-state index contributed by atoms with van der Waals surface area (Å²) in [6.45, 7) is 0.0986. The molecule has 12 heteroatoms. The van der Waals surface area contributed by atoms with Crippen LogP contribution in [0.25, 0.3) is 22.6 Å². The Morgan fingerprint density at radius 1 is 0.968 bits per heavy atom. The van der Waals surface area contributed by atoms with Gasteiger partial charge in [0.05, 0.1) is 27.7 Å². The van der Waals surface area contributed by atoms with Crippen LogP contribution in [0.5, 0.6) is 17.2 Å². The molecule has 31 heavy (non-hydrogen) atoms. The number of fused-ring (bicyclic) bond motifs is 1. The maximum absolute atomic E-state index is 12.6. The van der Waals surface area contributed by atoms with Crippen LogP contribution in [-0.4, -0.2) is 50.2 Å². The molecule has 0 unspecified atom stereocenters. The van der Waals surface area contributed by atoms with E-state index in [4.69, 9.17) is 18.6 Å². The number of methoxy groups -OCH3 is 3. The van der Waals surface area contributed by atoms with Crippen molar-refractivity contribution in [3.63, 3.8) is 0 Å². The highest BCUT2D eigenvalue weighted by Crippen LogP contribution is 2.40. The first-order valence-corrected chi connectivity index (χ1v) is 9.13. The second kappa shape index (κ2) is 7.63. The monoisotopic (exact) mass is 428 g/mol. The molecule has 4 aromatic rings. The minimum atomic E-state index is -0.458. The summed E-state index contributed by atoms with van der Waals surface area (Å²) in [5.41, 5.74) is 0.196. The molecule has 0 saturated heterocycles. The summed E-state index contributed by atoms with van der Waals surface area (Å²) in [7, 11) is 7.50. The minimum absolute atomic E-state index is 0.0986. The SMILES string of the molecule is COc1cc(-c2nnc(Cn3cnc4c3c(=O)n(C)c(=O)n4C)o2)cc(OC)c1OC. The molecule has 0 N–H and O–H groups in total. The highest BCUT2D eigenvalue weighted by Gasteiger charge is 2.19. The molecule has 0 saturated carbocycles. The Kier molecular flexibility index (Phi) is 4.97. The molecule has 0 spiro atoms. The molecule has 0 aliphatic heterocycles. The van der Waals surface area contributed by atoms with Crippen molar-refractivity contribution in [1.82, 2.24) is 28.9 Å². The van der Waals surface area contributed by atoms with E-state index in [1.54, 1.807) is 23.7 Å². The first-order chi connectivity index (χ1) is 14.9. The summed E-state index contributed by atoms with van der Waals surface area (Å²) in [6, 6.07) is 3.38. The van der Waals surface area contributed by atoms with Crippen molar-refractivity contribution in [3.8, 4) is 28.7 Å². The van der Waals surface area contributed by atoms with E-state index in [2.05, 4.69) is 15.2 Å². The smallest absolute Gasteiger partial charge is 0.332 e. The second-order valence-electron chi connectivity index (χ2n) is 6.67. The number of ether oxygens (including phenoxy) is 3. The van der Waals surface area contributed by atoms with Gasteiger partial charge in [-0.25, -0.2) is 9.78 Å². The van der Waals surface area contributed by atoms with E-state index >= 15 is 0 Å². The Bertz CT molecular complexity index is 1370. The zero-order valence-corrected chi connectivity index (χ0v) is 17.6. The van der Waals surface area contributed by atoms with Crippen molar-refractivity contribution < 1.29 is 18.6 Å². The maximum atomic E-state index is 12.6. The summed E-state index contributed by atoms with van der Waals surface area (Å²) in [4.78, 5) is 28.9. The Morgan fingerprint density at radius 3 is 2.26 bits per heavy atom. The zero-order valence-electron chi connectivity index (χ0n) is 17.6. The molecule has 12 nitrogen and oxygen atoms in total. The molecule has 1 aromatic carbocycles. The van der Waals surface area contributed by atoms with Crippen molar-refractivity contribution in [2.75, 3.05) is 21.3 Å². The van der Waals surface area contributed by atoms with Crippen molar-refractivity contribution in [2.45, 2.75) is 6.54 Å². The van der Waals surface area contributed by atoms with E-state index < -0.39 is 11.2 Å². The molecule has 162 valence electrons. The quantitative estimate of drug-likeness (QED) is 0.432. The van der Waals surface area contributed by atoms with Gasteiger partial charge >= 0.3 is 5.69 Å². The van der Waals surface area contributed by atoms with Gasteiger partial charge in [0.15, 0.2) is 22.7 Å². The molecular formula is C19H20N6O6. The molecule has 0 fully saturated rings. The van der Waals surface area contributed by atoms with Crippen LogP contribution in [-0.2, 0) is 20.6 Å². The lowest BCUT2D eigenvalue weighted by Crippen LogP contribution is -2.37. The van der Waals surface area contributed by atoms with Crippen LogP contribution in [0.4, 0.5) is 0 Å². The van der Waals surface area contributed by atoms with Gasteiger partial charge in [0, 0.05) is 19.7 Å². The predicted molar refractivity (Wildman–Crippen MR) is 109 cm³/mol. The third-order valence-electron chi connectivity index (χ3n) is 4.90. The highest BCUT2D eigenvalue weighted by atomic mass is 16.5. The van der Waals surface area contributed by atoms with Gasteiger partial charge in [0.1, 0.15) is 6.54 Å². The summed E-state index contributed by atoms with van der Waals surface area (Å²) in [6.07, 6.45) is 1.45. The first kappa shape index (κ1) is 20.2. The Labute approximate surface area is 175 Å². The lowest BCUT2D eigenvalue weighted by Gasteiger charge is -2.12. The number of hydrogen-bond donors (Lipinski definition) is 0. The van der Waals surface area contributed by atoms with Gasteiger partial charge in [-0.05, 0) is 12.1 Å². The van der Waals surface area contributed by atoms with Crippen LogP contribution in [0.1, 0.15) is 5.89 Å². The molecule has 0 atom stereocenters. The van der Waals surface area contributed by atoms with Crippen LogP contribution in [0.2, 0.25) is 0 Å². The van der Waals surface area contributed by atoms with E-state index in [1.807, 2.05) is 0 Å². The van der Waals surface area contributed by atoms with Gasteiger partial charge in [-0.1, -0.05) is 0 Å². The lowest BCUT2D eigenvalue weighted by molar-refractivity contribution is 0.324. The number of imidazole rings is 1. The second-order valence-corrected chi connectivity index (χ2v) is 6.67. The van der Waals surface area contributed by atoms with E-state index in [1.165, 1.54) is 39.3 Å². The molecule has 3 heterocycles. The Balaban J connectivity index is 1.73. The largest absolute Gasteiger partial charge is 0.493 e. The zero-order chi connectivity index (χ0) is 22.3. The van der Waals surface area contributed by atoms with E-state index in [-0.39, 0.29) is 29.5 Å². The molecular weight excluding hydrogens is 408 g/mol. The number of aryl methyl sites for hydroxylation is 1. The summed E-state index contributed by atoms with van der Waals surface area (Å²) < 4.78 is 25.7. The van der Waals surface area contributed by atoms with Crippen LogP contribution in [0, 0.1) is 0 Å². The normalized spacial score (nSPS) is 11.1. The summed E-state index contributed by atoms with van der Waals surface area (Å²) in [5.74, 6) is 1.82. The average molecular weight is 428 g/mol. The van der Waals surface area contributed by atoms with Gasteiger partial charge in [0.2, 0.25) is 17.5 Å². The Hall–Kier alpha value is -4.09. The van der Waals surface area contributed by atoms with E-state index in [9.17, 15) is 9.59 Å². The predicted octanol–water partition coefficient (Wildman–Crippen LogP) is 0.558. The fraction of sp³-hybridized carbons (Fsp3) is 0.316. The number of nitrogens with zero attached hydrogens (tertiary/aromatic N) is 6. The fourth-order valence-electron chi connectivity index (χ4n) is 3.30. The number of hydrogen-bond acceptors (Lipinski definition) is 9. The third kappa shape index (κ3) is 3.21. The highest BCUT2D eigenvalue weighted by molar-refractivity contribution is 5.70. The van der Waals surface area contributed by atoms with Crippen molar-refractivity contribution in [1.29, 1.82) is 0 Å². The Morgan fingerprint density at radius 2 is 1.65 bits per heavy atom. The van der Waals surface area contributed by atoms with E-state index in [0.717, 1.165) is 4.57 Å². The molecule has 0 aliphatic rings. The molecule has 3 aromatic heterocycles. The topological polar surface area (TPSA) is 128 Å². The van der Waals surface area contributed by atoms with Crippen molar-refractivity contribution in [3.05, 3.63) is 45.2 Å². The van der Waals surface area contributed by atoms with Gasteiger partial charge in [-0.15, -0.1) is 10.2 Å². The van der Waals surface area contributed by atoms with Gasteiger partial charge < -0.3 is 23.2 Å². The maximum Gasteiger partial charge on any atom is 0.332 e. The summed E-state index contributed by atoms with van der Waals surface area (Å²) >= 11 is 0. The number of benzene rings is 1.